The predicted octanol–water partition coefficient (Wildman–Crippen LogP) is 4.15. The molecule has 1 amide bonds. The number of nitrogens with one attached hydrogen (secondary N) is 1. The topological polar surface area (TPSA) is 54.9 Å². The number of pyridine rings is 1. The molecule has 0 aliphatic carbocycles. The molecule has 0 aliphatic rings. The third-order valence-corrected chi connectivity index (χ3v) is 4.72. The third-order valence-electron chi connectivity index (χ3n) is 3.80. The zero-order valence-corrected chi connectivity index (χ0v) is 14.6. The molecule has 0 atom stereocenters. The summed E-state index contributed by atoms with van der Waals surface area (Å²) in [6.45, 7) is 1.74. The maximum Gasteiger partial charge on any atom is 0.226 e. The van der Waals surface area contributed by atoms with E-state index in [-0.39, 0.29) is 11.7 Å². The van der Waals surface area contributed by atoms with Crippen LogP contribution in [0.2, 0.25) is 0 Å². The number of hydrogen-bond donors (Lipinski definition) is 1. The minimum absolute atomic E-state index is 0.0703. The molecule has 0 saturated heterocycles. The van der Waals surface area contributed by atoms with Crippen molar-refractivity contribution in [1.29, 1.82) is 0 Å². The molecule has 0 aliphatic heterocycles. The van der Waals surface area contributed by atoms with Gasteiger partial charge in [0, 0.05) is 36.3 Å². The molecule has 0 spiro atoms. The Kier molecular flexibility index (Phi) is 5.50. The fraction of sp³-hybridized carbons (Fsp3) is 0.211. The average molecular weight is 355 g/mol. The van der Waals surface area contributed by atoms with Crippen LogP contribution < -0.4 is 5.32 Å². The van der Waals surface area contributed by atoms with Crippen molar-refractivity contribution in [3.05, 3.63) is 76.3 Å². The van der Waals surface area contributed by atoms with Crippen molar-refractivity contribution >= 4 is 22.4 Å². The van der Waals surface area contributed by atoms with Crippen molar-refractivity contribution in [2.45, 2.75) is 26.2 Å². The second-order valence-electron chi connectivity index (χ2n) is 5.80. The van der Waals surface area contributed by atoms with Crippen LogP contribution in [0.4, 0.5) is 9.52 Å². The summed E-state index contributed by atoms with van der Waals surface area (Å²) >= 11 is 1.41. The Morgan fingerprint density at radius 3 is 2.76 bits per heavy atom. The van der Waals surface area contributed by atoms with E-state index in [4.69, 9.17) is 0 Å². The normalized spacial score (nSPS) is 10.6. The molecule has 0 unspecified atom stereocenters. The summed E-state index contributed by atoms with van der Waals surface area (Å²) in [6, 6.07) is 9.02. The van der Waals surface area contributed by atoms with Gasteiger partial charge in [0.1, 0.15) is 5.82 Å². The summed E-state index contributed by atoms with van der Waals surface area (Å²) in [4.78, 5) is 21.2. The number of halogens is 1. The lowest BCUT2D eigenvalue weighted by Crippen LogP contribution is -2.11. The number of hydrogen-bond acceptors (Lipinski definition) is 4. The Morgan fingerprint density at radius 2 is 2.00 bits per heavy atom. The van der Waals surface area contributed by atoms with Gasteiger partial charge in [-0.2, -0.15) is 0 Å². The van der Waals surface area contributed by atoms with Gasteiger partial charge in [-0.15, -0.1) is 11.3 Å². The highest BCUT2D eigenvalue weighted by molar-refractivity contribution is 7.15. The number of carbonyl (C=O) groups excluding carboxylic acids is 1. The maximum absolute atomic E-state index is 13.6. The highest BCUT2D eigenvalue weighted by atomic mass is 32.1. The van der Waals surface area contributed by atoms with Gasteiger partial charge < -0.3 is 5.32 Å². The molecule has 2 aromatic heterocycles. The quantitative estimate of drug-likeness (QED) is 0.723. The molecule has 3 aromatic rings. The molecule has 1 N–H and O–H groups in total. The molecule has 128 valence electrons. The van der Waals surface area contributed by atoms with Crippen molar-refractivity contribution in [2.75, 3.05) is 5.32 Å². The predicted molar refractivity (Wildman–Crippen MR) is 97.2 cm³/mol. The third kappa shape index (κ3) is 4.93. The number of benzene rings is 1. The van der Waals surface area contributed by atoms with Crippen molar-refractivity contribution < 1.29 is 9.18 Å². The molecule has 0 radical (unpaired) electrons. The zero-order chi connectivity index (χ0) is 17.6. The number of aryl methyl sites for hydroxylation is 2. The van der Waals surface area contributed by atoms with Crippen molar-refractivity contribution in [3.8, 4) is 0 Å². The molecule has 4 nitrogen and oxygen atoms in total. The second kappa shape index (κ2) is 7.98. The van der Waals surface area contributed by atoms with E-state index in [0.29, 0.717) is 30.0 Å². The first-order chi connectivity index (χ1) is 12.1. The first kappa shape index (κ1) is 17.2. The Labute approximate surface area is 149 Å². The van der Waals surface area contributed by atoms with Gasteiger partial charge in [0.25, 0.3) is 0 Å². The number of anilines is 1. The maximum atomic E-state index is 13.6. The van der Waals surface area contributed by atoms with E-state index in [1.165, 1.54) is 11.3 Å². The van der Waals surface area contributed by atoms with E-state index < -0.39 is 0 Å². The lowest BCUT2D eigenvalue weighted by atomic mass is 10.1. The number of thiazole rings is 1. The zero-order valence-electron chi connectivity index (χ0n) is 13.8. The standard InChI is InChI=1S/C19H18FN3OS/c1-13-2-3-15(11-17(13)20)10-16-12-22-19(25-16)23-18(24)5-4-14-6-8-21-9-7-14/h2-3,6-9,11-12H,4-5,10H2,1H3,(H,22,23,24). The van der Waals surface area contributed by atoms with Gasteiger partial charge in [-0.05, 0) is 48.2 Å². The van der Waals surface area contributed by atoms with Gasteiger partial charge in [0.05, 0.1) is 0 Å². The lowest BCUT2D eigenvalue weighted by Gasteiger charge is -2.02. The van der Waals surface area contributed by atoms with Crippen LogP contribution in [0.5, 0.6) is 0 Å². The molecule has 0 fully saturated rings. The molecular formula is C19H18FN3OS. The molecule has 1 aromatic carbocycles. The molecule has 3 rings (SSSR count). The van der Waals surface area contributed by atoms with E-state index in [2.05, 4.69) is 15.3 Å². The number of amides is 1. The summed E-state index contributed by atoms with van der Waals surface area (Å²) in [7, 11) is 0. The summed E-state index contributed by atoms with van der Waals surface area (Å²) < 4.78 is 13.6. The summed E-state index contributed by atoms with van der Waals surface area (Å²) in [5.74, 6) is -0.272. The molecule has 6 heteroatoms. The van der Waals surface area contributed by atoms with Gasteiger partial charge in [-0.3, -0.25) is 9.78 Å². The van der Waals surface area contributed by atoms with E-state index in [1.807, 2.05) is 18.2 Å². The van der Waals surface area contributed by atoms with E-state index in [0.717, 1.165) is 16.0 Å². The van der Waals surface area contributed by atoms with E-state index in [1.54, 1.807) is 37.6 Å². The summed E-state index contributed by atoms with van der Waals surface area (Å²) in [6.07, 6.45) is 6.81. The van der Waals surface area contributed by atoms with Crippen LogP contribution >= 0.6 is 11.3 Å². The molecule has 25 heavy (non-hydrogen) atoms. The van der Waals surface area contributed by atoms with Crippen LogP contribution in [0.3, 0.4) is 0 Å². The minimum atomic E-state index is -0.202. The van der Waals surface area contributed by atoms with E-state index in [9.17, 15) is 9.18 Å². The number of carbonyl (C=O) groups is 1. The Morgan fingerprint density at radius 1 is 1.20 bits per heavy atom. The van der Waals surface area contributed by atoms with Gasteiger partial charge in [-0.1, -0.05) is 12.1 Å². The smallest absolute Gasteiger partial charge is 0.226 e. The van der Waals surface area contributed by atoms with Crippen LogP contribution in [0.25, 0.3) is 0 Å². The second-order valence-corrected chi connectivity index (χ2v) is 6.91. The van der Waals surface area contributed by atoms with Crippen LogP contribution in [0.15, 0.2) is 48.9 Å². The SMILES string of the molecule is Cc1ccc(Cc2cnc(NC(=O)CCc3ccncc3)s2)cc1F. The first-order valence-corrected chi connectivity index (χ1v) is 8.80. The van der Waals surface area contributed by atoms with Crippen molar-refractivity contribution in [1.82, 2.24) is 9.97 Å². The average Bonchev–Trinajstić information content (AvgIpc) is 3.04. The number of aromatic nitrogens is 2. The highest BCUT2D eigenvalue weighted by Gasteiger charge is 2.08. The van der Waals surface area contributed by atoms with Crippen LogP contribution in [0.1, 0.15) is 28.0 Å². The Bertz CT molecular complexity index is 864. The summed E-state index contributed by atoms with van der Waals surface area (Å²) in [5, 5.41) is 3.39. The summed E-state index contributed by atoms with van der Waals surface area (Å²) in [5.41, 5.74) is 2.60. The van der Waals surface area contributed by atoms with Crippen LogP contribution in [0, 0.1) is 12.7 Å². The van der Waals surface area contributed by atoms with Gasteiger partial charge in [-0.25, -0.2) is 9.37 Å². The van der Waals surface area contributed by atoms with E-state index >= 15 is 0 Å². The van der Waals surface area contributed by atoms with Crippen molar-refractivity contribution in [3.63, 3.8) is 0 Å². The monoisotopic (exact) mass is 355 g/mol. The number of nitrogens with zero attached hydrogens (tertiary/aromatic N) is 2. The molecule has 0 saturated carbocycles. The van der Waals surface area contributed by atoms with Crippen LogP contribution in [-0.2, 0) is 17.6 Å². The lowest BCUT2D eigenvalue weighted by molar-refractivity contribution is -0.116. The molecule has 2 heterocycles. The number of rotatable bonds is 6. The molecular weight excluding hydrogens is 337 g/mol. The molecule has 0 bridgehead atoms. The largest absolute Gasteiger partial charge is 0.302 e. The van der Waals surface area contributed by atoms with Gasteiger partial charge in [0.15, 0.2) is 5.13 Å². The Balaban J connectivity index is 1.54. The van der Waals surface area contributed by atoms with Gasteiger partial charge in [0.2, 0.25) is 5.91 Å². The van der Waals surface area contributed by atoms with Crippen LogP contribution in [-0.4, -0.2) is 15.9 Å². The Hall–Kier alpha value is -2.60. The first-order valence-electron chi connectivity index (χ1n) is 7.98. The fourth-order valence-corrected chi connectivity index (χ4v) is 3.25. The minimum Gasteiger partial charge on any atom is -0.302 e. The highest BCUT2D eigenvalue weighted by Crippen LogP contribution is 2.22. The fourth-order valence-electron chi connectivity index (χ4n) is 2.38. The van der Waals surface area contributed by atoms with Gasteiger partial charge >= 0.3 is 0 Å². The van der Waals surface area contributed by atoms with Crippen molar-refractivity contribution in [2.24, 2.45) is 0 Å².